The Balaban J connectivity index is 1.99. The molecule has 1 aliphatic rings. The van der Waals surface area contributed by atoms with Crippen molar-refractivity contribution < 1.29 is 18.8 Å². The molecule has 1 saturated heterocycles. The molecule has 0 radical (unpaired) electrons. The van der Waals surface area contributed by atoms with Crippen molar-refractivity contribution in [3.63, 3.8) is 0 Å². The smallest absolute Gasteiger partial charge is 0.336 e. The van der Waals surface area contributed by atoms with Gasteiger partial charge in [0.1, 0.15) is 11.3 Å². The minimum Gasteiger partial charge on any atom is -0.480 e. The third-order valence-electron chi connectivity index (χ3n) is 4.06. The largest absolute Gasteiger partial charge is 0.480 e. The molecule has 3 rings (SSSR count). The van der Waals surface area contributed by atoms with E-state index in [4.69, 9.17) is 14.0 Å². The molecule has 0 spiro atoms. The quantitative estimate of drug-likeness (QED) is 0.806. The summed E-state index contributed by atoms with van der Waals surface area (Å²) >= 11 is 0. The zero-order valence-corrected chi connectivity index (χ0v) is 14.1. The number of fused-ring (bicyclic) bond motifs is 1. The standard InChI is InChI=1S/C18H21NO5/c1-4-13-10-16(20)24-15-9-11(2)8-14(17(13)15)23-12(3)18(21)19-6-5-7-22-19/h8-10,12H,4-7H2,1-3H3. The minimum atomic E-state index is -0.690. The molecule has 0 N–H and O–H groups in total. The summed E-state index contributed by atoms with van der Waals surface area (Å²) < 4.78 is 11.2. The molecule has 1 atom stereocenters. The highest BCUT2D eigenvalue weighted by Crippen LogP contribution is 2.31. The van der Waals surface area contributed by atoms with Gasteiger partial charge in [-0.15, -0.1) is 0 Å². The second-order valence-corrected chi connectivity index (χ2v) is 5.97. The van der Waals surface area contributed by atoms with Crippen LogP contribution in [0.5, 0.6) is 5.75 Å². The highest BCUT2D eigenvalue weighted by Gasteiger charge is 2.26. The van der Waals surface area contributed by atoms with Crippen molar-refractivity contribution in [3.05, 3.63) is 39.7 Å². The Bertz CT molecular complexity index is 820. The lowest BCUT2D eigenvalue weighted by atomic mass is 10.0. The number of aryl methyl sites for hydroxylation is 2. The van der Waals surface area contributed by atoms with Gasteiger partial charge in [-0.2, -0.15) is 0 Å². The van der Waals surface area contributed by atoms with Crippen molar-refractivity contribution in [3.8, 4) is 5.75 Å². The summed E-state index contributed by atoms with van der Waals surface area (Å²) in [6.07, 6.45) is 0.806. The number of hydrogen-bond acceptors (Lipinski definition) is 5. The van der Waals surface area contributed by atoms with Gasteiger partial charge in [-0.3, -0.25) is 9.63 Å². The molecule has 1 amide bonds. The lowest BCUT2D eigenvalue weighted by Crippen LogP contribution is -2.38. The topological polar surface area (TPSA) is 69.0 Å². The van der Waals surface area contributed by atoms with Crippen molar-refractivity contribution in [1.29, 1.82) is 0 Å². The van der Waals surface area contributed by atoms with Crippen LogP contribution < -0.4 is 10.4 Å². The molecule has 6 heteroatoms. The zero-order chi connectivity index (χ0) is 17.3. The van der Waals surface area contributed by atoms with E-state index in [1.165, 1.54) is 11.1 Å². The molecule has 1 fully saturated rings. The van der Waals surface area contributed by atoms with E-state index >= 15 is 0 Å². The highest BCUT2D eigenvalue weighted by molar-refractivity contribution is 5.88. The summed E-state index contributed by atoms with van der Waals surface area (Å²) in [5.41, 5.74) is 1.83. The lowest BCUT2D eigenvalue weighted by molar-refractivity contribution is -0.175. The highest BCUT2D eigenvalue weighted by atomic mass is 16.7. The van der Waals surface area contributed by atoms with Gasteiger partial charge in [-0.25, -0.2) is 9.86 Å². The molecular weight excluding hydrogens is 310 g/mol. The van der Waals surface area contributed by atoms with Crippen molar-refractivity contribution in [1.82, 2.24) is 5.06 Å². The van der Waals surface area contributed by atoms with Gasteiger partial charge in [-0.1, -0.05) is 6.92 Å². The average molecular weight is 331 g/mol. The Morgan fingerprint density at radius 2 is 2.17 bits per heavy atom. The minimum absolute atomic E-state index is 0.211. The maximum atomic E-state index is 12.4. The Labute approximate surface area is 139 Å². The summed E-state index contributed by atoms with van der Waals surface area (Å²) in [4.78, 5) is 29.4. The van der Waals surface area contributed by atoms with Gasteiger partial charge in [0.2, 0.25) is 0 Å². The predicted octanol–water partition coefficient (Wildman–Crippen LogP) is 2.60. The van der Waals surface area contributed by atoms with E-state index in [2.05, 4.69) is 0 Å². The van der Waals surface area contributed by atoms with Gasteiger partial charge in [0.25, 0.3) is 5.91 Å². The first-order valence-corrected chi connectivity index (χ1v) is 8.18. The van der Waals surface area contributed by atoms with Crippen molar-refractivity contribution in [2.45, 2.75) is 39.7 Å². The second kappa shape index (κ2) is 6.65. The van der Waals surface area contributed by atoms with Gasteiger partial charge in [-0.05, 0) is 49.9 Å². The van der Waals surface area contributed by atoms with E-state index in [1.807, 2.05) is 19.9 Å². The number of hydrogen-bond donors (Lipinski definition) is 0. The van der Waals surface area contributed by atoms with Crippen LogP contribution in [0, 0.1) is 6.92 Å². The van der Waals surface area contributed by atoms with Crippen LogP contribution in [0.4, 0.5) is 0 Å². The van der Waals surface area contributed by atoms with Crippen LogP contribution in [-0.4, -0.2) is 30.2 Å². The number of benzene rings is 1. The third-order valence-corrected chi connectivity index (χ3v) is 4.06. The number of rotatable bonds is 4. The monoisotopic (exact) mass is 331 g/mol. The Morgan fingerprint density at radius 3 is 2.83 bits per heavy atom. The van der Waals surface area contributed by atoms with Gasteiger partial charge in [0.05, 0.1) is 18.5 Å². The van der Waals surface area contributed by atoms with Crippen LogP contribution in [0.2, 0.25) is 0 Å². The fourth-order valence-electron chi connectivity index (χ4n) is 2.91. The van der Waals surface area contributed by atoms with E-state index in [0.29, 0.717) is 30.9 Å². The Hall–Kier alpha value is -2.34. The van der Waals surface area contributed by atoms with Crippen LogP contribution in [0.15, 0.2) is 27.4 Å². The molecule has 1 aromatic heterocycles. The average Bonchev–Trinajstić information content (AvgIpc) is 3.06. The van der Waals surface area contributed by atoms with Crippen LogP contribution in [-0.2, 0) is 16.1 Å². The zero-order valence-electron chi connectivity index (χ0n) is 14.1. The molecule has 0 bridgehead atoms. The van der Waals surface area contributed by atoms with Gasteiger partial charge < -0.3 is 9.15 Å². The Kier molecular flexibility index (Phi) is 4.57. The summed E-state index contributed by atoms with van der Waals surface area (Å²) in [7, 11) is 0. The van der Waals surface area contributed by atoms with E-state index in [0.717, 1.165) is 22.9 Å². The van der Waals surface area contributed by atoms with E-state index in [1.54, 1.807) is 13.0 Å². The van der Waals surface area contributed by atoms with Gasteiger partial charge in [0, 0.05) is 6.07 Å². The fourth-order valence-corrected chi connectivity index (χ4v) is 2.91. The molecular formula is C18H21NO5. The third kappa shape index (κ3) is 3.14. The van der Waals surface area contributed by atoms with Crippen LogP contribution in [0.3, 0.4) is 0 Å². The maximum Gasteiger partial charge on any atom is 0.336 e. The molecule has 128 valence electrons. The molecule has 6 nitrogen and oxygen atoms in total. The van der Waals surface area contributed by atoms with E-state index in [9.17, 15) is 9.59 Å². The summed E-state index contributed by atoms with van der Waals surface area (Å²) in [6.45, 7) is 6.68. The first kappa shape index (κ1) is 16.5. The lowest BCUT2D eigenvalue weighted by Gasteiger charge is -2.21. The maximum absolute atomic E-state index is 12.4. The number of amides is 1. The molecule has 1 aliphatic heterocycles. The van der Waals surface area contributed by atoms with Crippen LogP contribution in [0.1, 0.15) is 31.4 Å². The SMILES string of the molecule is CCc1cc(=O)oc2cc(C)cc(OC(C)C(=O)N3CCCO3)c12. The first-order chi connectivity index (χ1) is 11.5. The number of nitrogens with zero attached hydrogens (tertiary/aromatic N) is 1. The second-order valence-electron chi connectivity index (χ2n) is 5.97. The van der Waals surface area contributed by atoms with Gasteiger partial charge >= 0.3 is 5.63 Å². The van der Waals surface area contributed by atoms with Crippen LogP contribution >= 0.6 is 0 Å². The van der Waals surface area contributed by atoms with Crippen molar-refractivity contribution in [2.75, 3.05) is 13.2 Å². The normalized spacial score (nSPS) is 15.7. The number of ether oxygens (including phenoxy) is 1. The first-order valence-electron chi connectivity index (χ1n) is 8.18. The molecule has 1 aromatic carbocycles. The van der Waals surface area contributed by atoms with Gasteiger partial charge in [0.15, 0.2) is 6.10 Å². The number of hydroxylamine groups is 2. The van der Waals surface area contributed by atoms with E-state index < -0.39 is 6.10 Å². The molecule has 2 aromatic rings. The molecule has 0 aliphatic carbocycles. The summed E-state index contributed by atoms with van der Waals surface area (Å²) in [5.74, 6) is 0.336. The molecule has 0 saturated carbocycles. The van der Waals surface area contributed by atoms with E-state index in [-0.39, 0.29) is 11.5 Å². The summed E-state index contributed by atoms with van der Waals surface area (Å²) in [6, 6.07) is 5.13. The van der Waals surface area contributed by atoms with Crippen molar-refractivity contribution >= 4 is 16.9 Å². The number of carbonyl (C=O) groups excluding carboxylic acids is 1. The molecule has 2 heterocycles. The Morgan fingerprint density at radius 1 is 1.38 bits per heavy atom. The van der Waals surface area contributed by atoms with Crippen LogP contribution in [0.25, 0.3) is 11.0 Å². The van der Waals surface area contributed by atoms with Crippen molar-refractivity contribution in [2.24, 2.45) is 0 Å². The number of carbonyl (C=O) groups is 1. The predicted molar refractivity (Wildman–Crippen MR) is 89.0 cm³/mol. The fraction of sp³-hybridized carbons (Fsp3) is 0.444. The molecule has 24 heavy (non-hydrogen) atoms. The summed E-state index contributed by atoms with van der Waals surface area (Å²) in [5, 5.41) is 2.09. The molecule has 1 unspecified atom stereocenters.